The predicted octanol–water partition coefficient (Wildman–Crippen LogP) is 17.7. The van der Waals surface area contributed by atoms with Crippen LogP contribution in [0.15, 0.2) is 122 Å². The largest absolute Gasteiger partial charge is 0.756 e. The predicted molar refractivity (Wildman–Crippen MR) is 331 cm³/mol. The quantitative estimate of drug-likeness (QED) is 0.0239. The van der Waals surface area contributed by atoms with Crippen molar-refractivity contribution >= 4 is 13.7 Å². The van der Waals surface area contributed by atoms with Crippen molar-refractivity contribution in [2.45, 2.75) is 257 Å². The third-order valence-electron chi connectivity index (χ3n) is 13.3. The summed E-state index contributed by atoms with van der Waals surface area (Å²) in [5.41, 5.74) is 0. The number of nitrogens with one attached hydrogen (secondary N) is 1. The number of unbranched alkanes of at least 4 members (excludes halogenated alkanes) is 21. The van der Waals surface area contributed by atoms with Gasteiger partial charge in [0.15, 0.2) is 0 Å². The molecule has 10 heteroatoms. The first kappa shape index (κ1) is 73.9. The van der Waals surface area contributed by atoms with E-state index in [1.807, 2.05) is 21.1 Å². The van der Waals surface area contributed by atoms with E-state index in [0.29, 0.717) is 30.3 Å². The van der Waals surface area contributed by atoms with E-state index in [9.17, 15) is 24.5 Å². The van der Waals surface area contributed by atoms with Crippen LogP contribution in [0.2, 0.25) is 0 Å². The molecule has 3 N–H and O–H groups in total. The topological polar surface area (TPSA) is 128 Å². The lowest BCUT2D eigenvalue weighted by Crippen LogP contribution is -2.51. The van der Waals surface area contributed by atoms with Crippen molar-refractivity contribution in [2.75, 3.05) is 40.9 Å². The average Bonchev–Trinajstić information content (AvgIpc) is 3.39. The third kappa shape index (κ3) is 57.4. The third-order valence-corrected chi connectivity index (χ3v) is 14.2. The molecule has 0 aliphatic heterocycles. The van der Waals surface area contributed by atoms with Crippen LogP contribution in [0.25, 0.3) is 0 Å². The Morgan fingerprint density at radius 1 is 0.481 bits per heavy atom. The number of carbonyl (C=O) groups is 1. The molecule has 0 saturated heterocycles. The standard InChI is InChI=1S/C67H117N2O7P/c1-6-8-10-12-14-16-18-20-21-22-23-24-25-26-27-28-29-30-31-32-33-34-35-36-37-38-39-40-41-42-43-44-45-46-47-48-50-52-54-56-58-60-66(71)68-64(63-76-77(73,74)75-62-61-69(3,4)5)67(72)65(70)59-57-55-53-51-49-19-17-15-13-11-9-7-2/h8,10,14,16,20-21,23-24,26-27,29-30,32-33,35-36,38-39,51,53,64-65,67,70,72H,6-7,9,11-13,15,17-19,22,25,28,31,34,37,40-50,52,54-63H2,1-5H3,(H-,68,71,73,74)/b10-8-,16-14-,21-20-,24-23-,27-26-,30-29-,33-32-,36-35-,39-38-,53-51+. The molecule has 0 aliphatic rings. The van der Waals surface area contributed by atoms with Crippen molar-refractivity contribution < 1.29 is 38.0 Å². The lowest BCUT2D eigenvalue weighted by Gasteiger charge is -2.31. The van der Waals surface area contributed by atoms with Crippen LogP contribution in [-0.2, 0) is 18.4 Å². The van der Waals surface area contributed by atoms with E-state index in [-0.39, 0.29) is 18.9 Å². The summed E-state index contributed by atoms with van der Waals surface area (Å²) in [6.07, 6.45) is 80.0. The number of hydrogen-bond donors (Lipinski definition) is 3. The van der Waals surface area contributed by atoms with Crippen molar-refractivity contribution in [1.29, 1.82) is 0 Å². The zero-order valence-electron chi connectivity index (χ0n) is 50.0. The van der Waals surface area contributed by atoms with E-state index < -0.39 is 32.7 Å². The minimum Gasteiger partial charge on any atom is -0.756 e. The molecular weight excluding hydrogens is 976 g/mol. The molecule has 0 fully saturated rings. The first-order valence-electron chi connectivity index (χ1n) is 31.0. The number of allylic oxidation sites excluding steroid dienone is 20. The number of aliphatic hydroxyl groups excluding tert-OH is 2. The van der Waals surface area contributed by atoms with Gasteiger partial charge in [-0.1, -0.05) is 245 Å². The Morgan fingerprint density at radius 3 is 1.21 bits per heavy atom. The molecule has 0 heterocycles. The molecule has 0 aromatic rings. The van der Waals surface area contributed by atoms with Gasteiger partial charge < -0.3 is 34.0 Å². The van der Waals surface area contributed by atoms with E-state index >= 15 is 0 Å². The Bertz CT molecular complexity index is 1690. The van der Waals surface area contributed by atoms with E-state index in [1.165, 1.54) is 109 Å². The number of likely N-dealkylation sites (N-methyl/N-ethyl adjacent to an activating group) is 1. The maximum absolute atomic E-state index is 13.0. The van der Waals surface area contributed by atoms with E-state index in [0.717, 1.165) is 89.9 Å². The Kier molecular flexibility index (Phi) is 53.9. The average molecular weight is 1090 g/mol. The highest BCUT2D eigenvalue weighted by Crippen LogP contribution is 2.38. The number of phosphoric ester groups is 1. The number of rotatable bonds is 55. The minimum absolute atomic E-state index is 0.0507. The van der Waals surface area contributed by atoms with Gasteiger partial charge in [0, 0.05) is 6.42 Å². The Balaban J connectivity index is 4.08. The molecule has 0 aromatic carbocycles. The van der Waals surface area contributed by atoms with E-state index in [2.05, 4.69) is 141 Å². The molecule has 0 rings (SSSR count). The Labute approximate surface area is 474 Å². The Hall–Kier alpha value is -3.14. The second-order valence-corrected chi connectivity index (χ2v) is 23.2. The first-order chi connectivity index (χ1) is 37.4. The van der Waals surface area contributed by atoms with E-state index in [4.69, 9.17) is 9.05 Å². The smallest absolute Gasteiger partial charge is 0.268 e. The van der Waals surface area contributed by atoms with Crippen molar-refractivity contribution in [1.82, 2.24) is 5.32 Å². The van der Waals surface area contributed by atoms with Crippen LogP contribution < -0.4 is 10.2 Å². The molecule has 0 radical (unpaired) electrons. The molecule has 442 valence electrons. The highest BCUT2D eigenvalue weighted by molar-refractivity contribution is 7.45. The van der Waals surface area contributed by atoms with Gasteiger partial charge in [-0.15, -0.1) is 0 Å². The summed E-state index contributed by atoms with van der Waals surface area (Å²) >= 11 is 0. The van der Waals surface area contributed by atoms with Crippen molar-refractivity contribution in [3.8, 4) is 0 Å². The monoisotopic (exact) mass is 1090 g/mol. The van der Waals surface area contributed by atoms with Gasteiger partial charge in [-0.2, -0.15) is 0 Å². The fourth-order valence-corrected chi connectivity index (χ4v) is 9.15. The number of hydrogen-bond acceptors (Lipinski definition) is 7. The summed E-state index contributed by atoms with van der Waals surface area (Å²) in [6, 6.07) is -1.10. The summed E-state index contributed by atoms with van der Waals surface area (Å²) in [7, 11) is 1.10. The number of nitrogens with zero attached hydrogens (tertiary/aromatic N) is 1. The fourth-order valence-electron chi connectivity index (χ4n) is 8.42. The van der Waals surface area contributed by atoms with Crippen molar-refractivity contribution in [3.05, 3.63) is 122 Å². The maximum Gasteiger partial charge on any atom is 0.268 e. The van der Waals surface area contributed by atoms with E-state index in [1.54, 1.807) is 0 Å². The lowest BCUT2D eigenvalue weighted by molar-refractivity contribution is -0.870. The second-order valence-electron chi connectivity index (χ2n) is 21.8. The fraction of sp³-hybridized carbons (Fsp3) is 0.687. The number of quaternary nitrogens is 1. The van der Waals surface area contributed by atoms with Gasteiger partial charge in [-0.05, 0) is 109 Å². The molecule has 77 heavy (non-hydrogen) atoms. The van der Waals surface area contributed by atoms with Gasteiger partial charge in [-0.3, -0.25) is 9.36 Å². The SMILES string of the molecule is CC/C=C\C/C=C\C/C=C\C/C=C\C/C=C\C/C=C\C/C=C\C/C=C\C/C=C\CCCCCCCCCCCCCCCC(=O)NC(COP(=O)([O-])OCC[N+](C)(C)C)C(O)C(O)CCC/C=C/CCCCCCCCC. The summed E-state index contributed by atoms with van der Waals surface area (Å²) < 4.78 is 23.2. The van der Waals surface area contributed by atoms with Crippen LogP contribution in [0.3, 0.4) is 0 Å². The molecule has 0 spiro atoms. The molecular formula is C67H117N2O7P. The molecule has 0 aliphatic carbocycles. The van der Waals surface area contributed by atoms with Crippen molar-refractivity contribution in [3.63, 3.8) is 0 Å². The van der Waals surface area contributed by atoms with Gasteiger partial charge in [0.2, 0.25) is 5.91 Å². The molecule has 4 unspecified atom stereocenters. The first-order valence-corrected chi connectivity index (χ1v) is 32.4. The minimum atomic E-state index is -4.69. The van der Waals surface area contributed by atoms with Gasteiger partial charge in [0.25, 0.3) is 7.82 Å². The van der Waals surface area contributed by atoms with Crippen LogP contribution in [0, 0.1) is 0 Å². The van der Waals surface area contributed by atoms with Gasteiger partial charge in [0.05, 0.1) is 39.9 Å². The molecule has 0 bridgehead atoms. The van der Waals surface area contributed by atoms with Gasteiger partial charge in [-0.25, -0.2) is 0 Å². The van der Waals surface area contributed by atoms with Crippen LogP contribution in [0.4, 0.5) is 0 Å². The highest BCUT2D eigenvalue weighted by atomic mass is 31.2. The van der Waals surface area contributed by atoms with Gasteiger partial charge >= 0.3 is 0 Å². The van der Waals surface area contributed by atoms with Crippen molar-refractivity contribution in [2.24, 2.45) is 0 Å². The normalized spacial score (nSPS) is 15.1. The zero-order chi connectivity index (χ0) is 56.4. The van der Waals surface area contributed by atoms with Gasteiger partial charge in [0.1, 0.15) is 19.3 Å². The van der Waals surface area contributed by atoms with Crippen LogP contribution in [0.5, 0.6) is 0 Å². The van der Waals surface area contributed by atoms with Crippen LogP contribution >= 0.6 is 7.82 Å². The molecule has 4 atom stereocenters. The number of aliphatic hydroxyl groups is 2. The molecule has 0 saturated carbocycles. The summed E-state index contributed by atoms with van der Waals surface area (Å²) in [5, 5.41) is 24.7. The van der Waals surface area contributed by atoms with Crippen LogP contribution in [0.1, 0.15) is 239 Å². The number of amides is 1. The van der Waals surface area contributed by atoms with Crippen LogP contribution in [-0.4, -0.2) is 79.8 Å². The Morgan fingerprint density at radius 2 is 0.818 bits per heavy atom. The number of carbonyl (C=O) groups excluding carboxylic acids is 1. The lowest BCUT2D eigenvalue weighted by atomic mass is 10.0. The maximum atomic E-state index is 13.0. The molecule has 0 aromatic heterocycles. The number of phosphoric acid groups is 1. The second kappa shape index (κ2) is 56.1. The summed E-state index contributed by atoms with van der Waals surface area (Å²) in [6.45, 7) is 4.29. The highest BCUT2D eigenvalue weighted by Gasteiger charge is 2.29. The summed E-state index contributed by atoms with van der Waals surface area (Å²) in [5.74, 6) is -0.294. The zero-order valence-corrected chi connectivity index (χ0v) is 50.9. The molecule has 1 amide bonds. The summed E-state index contributed by atoms with van der Waals surface area (Å²) in [4.78, 5) is 25.5. The molecule has 9 nitrogen and oxygen atoms in total.